The molecular formula is C17H19ClFN3OS. The topological polar surface area (TPSA) is 38.1 Å². The molecule has 0 N–H and O–H groups in total. The Morgan fingerprint density at radius 3 is 2.79 bits per heavy atom. The van der Waals surface area contributed by atoms with Crippen molar-refractivity contribution in [3.05, 3.63) is 47.0 Å². The van der Waals surface area contributed by atoms with Gasteiger partial charge in [0.25, 0.3) is 5.91 Å². The van der Waals surface area contributed by atoms with Crippen LogP contribution in [0.1, 0.15) is 23.2 Å². The van der Waals surface area contributed by atoms with Crippen LogP contribution < -0.4 is 0 Å². The van der Waals surface area contributed by atoms with Crippen molar-refractivity contribution in [3.8, 4) is 0 Å². The predicted octanol–water partition coefficient (Wildman–Crippen LogP) is 3.86. The van der Waals surface area contributed by atoms with Crippen molar-refractivity contribution < 1.29 is 9.18 Å². The molecule has 1 amide bonds. The molecule has 1 aromatic carbocycles. The Labute approximate surface area is 150 Å². The number of halogens is 2. The summed E-state index contributed by atoms with van der Waals surface area (Å²) in [5.41, 5.74) is -0.0139. The lowest BCUT2D eigenvalue weighted by atomic mass is 9.98. The van der Waals surface area contributed by atoms with Crippen LogP contribution in [0, 0.1) is 11.7 Å². The summed E-state index contributed by atoms with van der Waals surface area (Å²) in [5, 5.41) is 1.18. The predicted molar refractivity (Wildman–Crippen MR) is 94.0 cm³/mol. The number of nitrogens with zero attached hydrogens (tertiary/aromatic N) is 3. The van der Waals surface area contributed by atoms with Gasteiger partial charge in [0.1, 0.15) is 5.82 Å². The third-order valence-corrected chi connectivity index (χ3v) is 5.91. The van der Waals surface area contributed by atoms with E-state index in [0.29, 0.717) is 19.0 Å². The molecule has 0 spiro atoms. The quantitative estimate of drug-likeness (QED) is 0.770. The summed E-state index contributed by atoms with van der Waals surface area (Å²) in [4.78, 5) is 18.5. The number of hydrogen-bond acceptors (Lipinski definition) is 3. The third-order valence-electron chi connectivity index (χ3n) is 4.30. The summed E-state index contributed by atoms with van der Waals surface area (Å²) in [6.45, 7) is 1.27. The maximum absolute atomic E-state index is 13.9. The number of carbonyl (C=O) groups excluding carboxylic acids is 1. The lowest BCUT2D eigenvalue weighted by Crippen LogP contribution is -2.39. The second kappa shape index (κ2) is 7.57. The second-order valence-corrected chi connectivity index (χ2v) is 7.36. The molecule has 1 aliphatic rings. The van der Waals surface area contributed by atoms with Gasteiger partial charge in [0.2, 0.25) is 0 Å². The van der Waals surface area contributed by atoms with E-state index in [1.54, 1.807) is 28.9 Å². The fourth-order valence-electron chi connectivity index (χ4n) is 2.85. The average molecular weight is 368 g/mol. The fraction of sp³-hybridized carbons (Fsp3) is 0.412. The Hall–Kier alpha value is -1.53. The highest BCUT2D eigenvalue weighted by Gasteiger charge is 2.27. The molecule has 1 aliphatic heterocycles. The molecule has 2 heterocycles. The third kappa shape index (κ3) is 3.75. The number of piperidine rings is 1. The first-order chi connectivity index (χ1) is 11.6. The largest absolute Gasteiger partial charge is 0.338 e. The van der Waals surface area contributed by atoms with Gasteiger partial charge < -0.3 is 9.47 Å². The highest BCUT2D eigenvalue weighted by atomic mass is 35.5. The highest BCUT2D eigenvalue weighted by molar-refractivity contribution is 7.99. The van der Waals surface area contributed by atoms with E-state index in [9.17, 15) is 9.18 Å². The number of rotatable bonds is 4. The van der Waals surface area contributed by atoms with Crippen LogP contribution in [0.5, 0.6) is 0 Å². The van der Waals surface area contributed by atoms with Gasteiger partial charge in [0.05, 0.1) is 10.6 Å². The zero-order chi connectivity index (χ0) is 17.1. The van der Waals surface area contributed by atoms with Crippen molar-refractivity contribution in [3.63, 3.8) is 0 Å². The Kier molecular flexibility index (Phi) is 5.46. The Balaban J connectivity index is 1.55. The lowest BCUT2D eigenvalue weighted by Gasteiger charge is -2.32. The monoisotopic (exact) mass is 367 g/mol. The van der Waals surface area contributed by atoms with E-state index >= 15 is 0 Å². The molecule has 1 saturated heterocycles. The fourth-order valence-corrected chi connectivity index (χ4v) is 4.21. The van der Waals surface area contributed by atoms with Crippen molar-refractivity contribution in [2.24, 2.45) is 13.0 Å². The van der Waals surface area contributed by atoms with Crippen molar-refractivity contribution in [1.82, 2.24) is 14.5 Å². The summed E-state index contributed by atoms with van der Waals surface area (Å²) in [5.74, 6) is 0.646. The number of hydrogen-bond donors (Lipinski definition) is 0. The number of imidazole rings is 1. The molecule has 1 fully saturated rings. The maximum atomic E-state index is 13.9. The van der Waals surface area contributed by atoms with E-state index in [-0.39, 0.29) is 16.5 Å². The summed E-state index contributed by atoms with van der Waals surface area (Å²) in [7, 11) is 1.98. The van der Waals surface area contributed by atoms with Gasteiger partial charge in [0, 0.05) is 38.3 Å². The standard InChI is InChI=1S/C17H19ClFN3OS/c1-21-10-7-20-17(21)24-11-12-5-8-22(9-6-12)16(23)15-13(18)3-2-4-14(15)19/h2-4,7,10,12H,5-6,8-9,11H2,1H3. The zero-order valence-corrected chi connectivity index (χ0v) is 15.0. The second-order valence-electron chi connectivity index (χ2n) is 5.96. The lowest BCUT2D eigenvalue weighted by molar-refractivity contribution is 0.0694. The number of benzene rings is 1. The first-order valence-corrected chi connectivity index (χ1v) is 9.26. The molecule has 0 atom stereocenters. The van der Waals surface area contributed by atoms with Crippen LogP contribution in [0.4, 0.5) is 4.39 Å². The maximum Gasteiger partial charge on any atom is 0.258 e. The van der Waals surface area contributed by atoms with Crippen LogP contribution in [0.3, 0.4) is 0 Å². The van der Waals surface area contributed by atoms with Crippen LogP contribution in [0.2, 0.25) is 5.02 Å². The van der Waals surface area contributed by atoms with Crippen molar-refractivity contribution in [2.45, 2.75) is 18.0 Å². The van der Waals surface area contributed by atoms with Crippen molar-refractivity contribution in [1.29, 1.82) is 0 Å². The van der Waals surface area contributed by atoms with Crippen molar-refractivity contribution >= 4 is 29.3 Å². The van der Waals surface area contributed by atoms with Crippen LogP contribution in [-0.2, 0) is 7.05 Å². The summed E-state index contributed by atoms with van der Waals surface area (Å²) in [6.07, 6.45) is 5.55. The van der Waals surface area contributed by atoms with E-state index in [2.05, 4.69) is 4.98 Å². The normalized spacial score (nSPS) is 15.7. The van der Waals surface area contributed by atoms with Crippen LogP contribution in [0.25, 0.3) is 0 Å². The van der Waals surface area contributed by atoms with E-state index in [4.69, 9.17) is 11.6 Å². The van der Waals surface area contributed by atoms with E-state index in [1.165, 1.54) is 12.1 Å². The molecule has 0 bridgehead atoms. The van der Waals surface area contributed by atoms with Gasteiger partial charge in [-0.05, 0) is 30.9 Å². The minimum atomic E-state index is -0.556. The molecule has 0 radical (unpaired) electrons. The minimum absolute atomic E-state index is 0.0139. The Bertz CT molecular complexity index is 708. The van der Waals surface area contributed by atoms with Gasteiger partial charge in [-0.25, -0.2) is 9.37 Å². The van der Waals surface area contributed by atoms with E-state index < -0.39 is 5.82 Å². The minimum Gasteiger partial charge on any atom is -0.338 e. The average Bonchev–Trinajstić information content (AvgIpc) is 2.98. The number of aromatic nitrogens is 2. The van der Waals surface area contributed by atoms with Gasteiger partial charge in [-0.3, -0.25) is 4.79 Å². The zero-order valence-electron chi connectivity index (χ0n) is 13.4. The van der Waals surface area contributed by atoms with Gasteiger partial charge >= 0.3 is 0 Å². The highest BCUT2D eigenvalue weighted by Crippen LogP contribution is 2.27. The molecule has 24 heavy (non-hydrogen) atoms. The number of likely N-dealkylation sites (tertiary alicyclic amines) is 1. The molecule has 0 unspecified atom stereocenters. The Morgan fingerprint density at radius 2 is 2.17 bits per heavy atom. The Morgan fingerprint density at radius 1 is 1.42 bits per heavy atom. The van der Waals surface area contributed by atoms with Gasteiger partial charge in [-0.15, -0.1) is 0 Å². The van der Waals surface area contributed by atoms with E-state index in [0.717, 1.165) is 23.8 Å². The molecule has 0 saturated carbocycles. The molecular weight excluding hydrogens is 349 g/mol. The van der Waals surface area contributed by atoms with Crippen molar-refractivity contribution in [2.75, 3.05) is 18.8 Å². The van der Waals surface area contributed by atoms with E-state index in [1.807, 2.05) is 17.8 Å². The van der Waals surface area contributed by atoms with Gasteiger partial charge in [0.15, 0.2) is 5.16 Å². The number of carbonyl (C=O) groups is 1. The SMILES string of the molecule is Cn1ccnc1SCC1CCN(C(=O)c2c(F)cccc2Cl)CC1. The first kappa shape index (κ1) is 17.3. The van der Waals surface area contributed by atoms with Crippen LogP contribution >= 0.6 is 23.4 Å². The number of amides is 1. The molecule has 7 heteroatoms. The number of thioether (sulfide) groups is 1. The molecule has 128 valence electrons. The molecule has 4 nitrogen and oxygen atoms in total. The van der Waals surface area contributed by atoms with Gasteiger partial charge in [-0.1, -0.05) is 29.4 Å². The smallest absolute Gasteiger partial charge is 0.258 e. The summed E-state index contributed by atoms with van der Waals surface area (Å²) >= 11 is 7.73. The molecule has 1 aromatic heterocycles. The number of aryl methyl sites for hydroxylation is 1. The van der Waals surface area contributed by atoms with Crippen LogP contribution in [0.15, 0.2) is 35.7 Å². The molecule has 3 rings (SSSR count). The summed E-state index contributed by atoms with van der Waals surface area (Å²) in [6, 6.07) is 4.33. The first-order valence-electron chi connectivity index (χ1n) is 7.89. The van der Waals surface area contributed by atoms with Gasteiger partial charge in [-0.2, -0.15) is 0 Å². The molecule has 2 aromatic rings. The summed E-state index contributed by atoms with van der Waals surface area (Å²) < 4.78 is 15.9. The molecule has 0 aliphatic carbocycles. The van der Waals surface area contributed by atoms with Crippen LogP contribution in [-0.4, -0.2) is 39.2 Å².